The van der Waals surface area contributed by atoms with Crippen LogP contribution in [0, 0.1) is 6.92 Å². The molecule has 1 saturated heterocycles. The Morgan fingerprint density at radius 1 is 1.12 bits per heavy atom. The molecule has 0 atom stereocenters. The van der Waals surface area contributed by atoms with Crippen LogP contribution in [0.3, 0.4) is 0 Å². The van der Waals surface area contributed by atoms with E-state index in [1.54, 1.807) is 5.38 Å². The van der Waals surface area contributed by atoms with Crippen LogP contribution in [0.2, 0.25) is 0 Å². The fourth-order valence-electron chi connectivity index (χ4n) is 3.75. The van der Waals surface area contributed by atoms with Gasteiger partial charge in [0.25, 0.3) is 0 Å². The van der Waals surface area contributed by atoms with Gasteiger partial charge in [-0.05, 0) is 43.5 Å². The second kappa shape index (κ2) is 9.92. The summed E-state index contributed by atoms with van der Waals surface area (Å²) < 4.78 is 49.9. The summed E-state index contributed by atoms with van der Waals surface area (Å²) in [4.78, 5) is 17.6. The monoisotopic (exact) mass is 492 g/mol. The maximum absolute atomic E-state index is 12.8. The highest BCUT2D eigenvalue weighted by atomic mass is 32.1. The van der Waals surface area contributed by atoms with Gasteiger partial charge in [0.1, 0.15) is 23.1 Å². The average molecular weight is 493 g/mol. The lowest BCUT2D eigenvalue weighted by molar-refractivity contribution is -0.139. The molecule has 1 N–H and O–H groups in total. The molecule has 1 aliphatic rings. The molecule has 0 saturated carbocycles. The van der Waals surface area contributed by atoms with Crippen LogP contribution in [0.1, 0.15) is 29.0 Å². The van der Waals surface area contributed by atoms with Crippen molar-refractivity contribution in [3.05, 3.63) is 57.9 Å². The van der Waals surface area contributed by atoms with Crippen LogP contribution in [-0.4, -0.2) is 35.8 Å². The number of aliphatic carboxylic acids is 1. The van der Waals surface area contributed by atoms with Gasteiger partial charge in [0, 0.05) is 30.1 Å². The van der Waals surface area contributed by atoms with Crippen molar-refractivity contribution in [1.82, 2.24) is 4.98 Å². The maximum atomic E-state index is 12.8. The lowest BCUT2D eigenvalue weighted by Gasteiger charge is -2.23. The molecule has 0 spiro atoms. The second-order valence-electron chi connectivity index (χ2n) is 7.95. The number of aromatic nitrogens is 1. The predicted molar refractivity (Wildman–Crippen MR) is 123 cm³/mol. The lowest BCUT2D eigenvalue weighted by atomic mass is 10.1. The highest BCUT2D eigenvalue weighted by Gasteiger charge is 2.30. The Hall–Kier alpha value is -3.27. The Morgan fingerprint density at radius 2 is 1.82 bits per heavy atom. The first kappa shape index (κ1) is 23.9. The Balaban J connectivity index is 1.50. The summed E-state index contributed by atoms with van der Waals surface area (Å²) in [6.07, 6.45) is -2.26. The van der Waals surface area contributed by atoms with Crippen molar-refractivity contribution in [2.45, 2.75) is 32.5 Å². The maximum Gasteiger partial charge on any atom is 0.416 e. The smallest absolute Gasteiger partial charge is 0.416 e. The Labute approximate surface area is 198 Å². The van der Waals surface area contributed by atoms with E-state index < -0.39 is 24.3 Å². The molecule has 4 rings (SSSR count). The highest BCUT2D eigenvalue weighted by molar-refractivity contribution is 7.09. The molecular weight excluding hydrogens is 469 g/mol. The fourth-order valence-corrected chi connectivity index (χ4v) is 4.46. The topological polar surface area (TPSA) is 71.9 Å². The van der Waals surface area contributed by atoms with Gasteiger partial charge in [0.15, 0.2) is 6.61 Å². The van der Waals surface area contributed by atoms with Crippen LogP contribution in [0.25, 0.3) is 11.3 Å². The number of carbonyl (C=O) groups is 1. The molecule has 1 aliphatic heterocycles. The molecule has 1 aromatic heterocycles. The quantitative estimate of drug-likeness (QED) is 0.430. The van der Waals surface area contributed by atoms with Crippen molar-refractivity contribution < 1.29 is 32.5 Å². The summed E-state index contributed by atoms with van der Waals surface area (Å²) in [6.45, 7) is 3.33. The van der Waals surface area contributed by atoms with Crippen LogP contribution in [0.5, 0.6) is 11.5 Å². The van der Waals surface area contributed by atoms with E-state index in [1.807, 2.05) is 19.1 Å². The van der Waals surface area contributed by atoms with Crippen molar-refractivity contribution in [1.29, 1.82) is 0 Å². The molecule has 0 radical (unpaired) electrons. The van der Waals surface area contributed by atoms with Gasteiger partial charge in [0.2, 0.25) is 0 Å². The van der Waals surface area contributed by atoms with Gasteiger partial charge in [-0.2, -0.15) is 13.2 Å². The zero-order chi connectivity index (χ0) is 24.3. The number of aryl methyl sites for hydroxylation is 1. The molecule has 34 heavy (non-hydrogen) atoms. The van der Waals surface area contributed by atoms with Crippen LogP contribution in [0.4, 0.5) is 18.9 Å². The van der Waals surface area contributed by atoms with E-state index in [4.69, 9.17) is 14.6 Å². The number of alkyl halides is 3. The van der Waals surface area contributed by atoms with E-state index >= 15 is 0 Å². The first-order valence-corrected chi connectivity index (χ1v) is 11.6. The third-order valence-corrected chi connectivity index (χ3v) is 6.29. The molecule has 1 fully saturated rings. The molecule has 0 bridgehead atoms. The number of anilines is 1. The van der Waals surface area contributed by atoms with Crippen molar-refractivity contribution in [3.63, 3.8) is 0 Å². The van der Waals surface area contributed by atoms with Crippen LogP contribution in [-0.2, 0) is 17.6 Å². The zero-order valence-electron chi connectivity index (χ0n) is 18.4. The summed E-state index contributed by atoms with van der Waals surface area (Å²) in [6, 6.07) is 8.55. The first-order chi connectivity index (χ1) is 16.2. The summed E-state index contributed by atoms with van der Waals surface area (Å²) in [5.41, 5.74) is 2.08. The summed E-state index contributed by atoms with van der Waals surface area (Å²) in [5, 5.41) is 11.4. The summed E-state index contributed by atoms with van der Waals surface area (Å²) >= 11 is 1.37. The number of nitrogens with zero attached hydrogens (tertiary/aromatic N) is 2. The zero-order valence-corrected chi connectivity index (χ0v) is 19.2. The number of thiazole rings is 1. The van der Waals surface area contributed by atoms with Gasteiger partial charge < -0.3 is 19.5 Å². The number of carboxylic acid groups (broad SMARTS) is 1. The molecule has 3 aromatic rings. The van der Waals surface area contributed by atoms with Gasteiger partial charge in [-0.1, -0.05) is 12.1 Å². The number of carboxylic acids is 1. The largest absolute Gasteiger partial charge is 0.484 e. The third kappa shape index (κ3) is 5.61. The van der Waals surface area contributed by atoms with E-state index in [0.717, 1.165) is 49.3 Å². The van der Waals surface area contributed by atoms with Crippen LogP contribution >= 0.6 is 11.3 Å². The molecule has 180 valence electrons. The molecule has 0 aliphatic carbocycles. The van der Waals surface area contributed by atoms with E-state index in [1.165, 1.54) is 23.5 Å². The average Bonchev–Trinajstić information content (AvgIpc) is 3.49. The number of ether oxygens (including phenoxy) is 2. The third-order valence-electron chi connectivity index (χ3n) is 5.47. The normalized spacial score (nSPS) is 13.8. The van der Waals surface area contributed by atoms with E-state index in [2.05, 4.69) is 9.88 Å². The van der Waals surface area contributed by atoms with Crippen LogP contribution in [0.15, 0.2) is 41.8 Å². The molecule has 0 unspecified atom stereocenters. The highest BCUT2D eigenvalue weighted by Crippen LogP contribution is 2.38. The van der Waals surface area contributed by atoms with E-state index in [-0.39, 0.29) is 6.61 Å². The van der Waals surface area contributed by atoms with Crippen molar-refractivity contribution >= 4 is 23.0 Å². The summed E-state index contributed by atoms with van der Waals surface area (Å²) in [5.74, 6) is 0.0962. The molecular formula is C24H23F3N2O4S. The Kier molecular flexibility index (Phi) is 6.97. The predicted octanol–water partition coefficient (Wildman–Crippen LogP) is 5.78. The number of benzene rings is 2. The van der Waals surface area contributed by atoms with Crippen molar-refractivity contribution in [2.75, 3.05) is 24.6 Å². The number of halogens is 3. The molecule has 2 aromatic carbocycles. The lowest BCUT2D eigenvalue weighted by Crippen LogP contribution is -2.19. The number of rotatable bonds is 8. The van der Waals surface area contributed by atoms with Gasteiger partial charge in [-0.3, -0.25) is 0 Å². The minimum Gasteiger partial charge on any atom is -0.484 e. The van der Waals surface area contributed by atoms with Crippen LogP contribution < -0.4 is 14.4 Å². The fraction of sp³-hybridized carbons (Fsp3) is 0.333. The molecule has 10 heteroatoms. The summed E-state index contributed by atoms with van der Waals surface area (Å²) in [7, 11) is 0. The van der Waals surface area contributed by atoms with Crippen molar-refractivity contribution in [3.8, 4) is 22.8 Å². The standard InChI is InChI=1S/C24H23F3N2O4S/c1-15-10-21(19(29-8-2-3-9-29)11-20(15)33-13-23(30)31)32-12-22-28-18(14-34-22)16-4-6-17(7-5-16)24(25,26)27/h4-7,10-11,14H,2-3,8-9,12-13H2,1H3,(H,30,31). The number of hydrogen-bond donors (Lipinski definition) is 1. The SMILES string of the molecule is Cc1cc(OCc2nc(-c3ccc(C(F)(F)F)cc3)cs2)c(N2CCCC2)cc1OCC(=O)O. The molecule has 6 nitrogen and oxygen atoms in total. The first-order valence-electron chi connectivity index (χ1n) is 10.7. The number of hydrogen-bond acceptors (Lipinski definition) is 6. The minimum absolute atomic E-state index is 0.195. The molecule has 0 amide bonds. The Morgan fingerprint density at radius 3 is 2.47 bits per heavy atom. The van der Waals surface area contributed by atoms with Gasteiger partial charge in [-0.25, -0.2) is 9.78 Å². The molecule has 2 heterocycles. The Bertz CT molecular complexity index is 1160. The van der Waals surface area contributed by atoms with Gasteiger partial charge in [0.05, 0.1) is 16.9 Å². The minimum atomic E-state index is -4.38. The second-order valence-corrected chi connectivity index (χ2v) is 8.89. The van der Waals surface area contributed by atoms with E-state index in [9.17, 15) is 18.0 Å². The van der Waals surface area contributed by atoms with Crippen molar-refractivity contribution in [2.24, 2.45) is 0 Å². The van der Waals surface area contributed by atoms with E-state index in [0.29, 0.717) is 27.8 Å². The van der Waals surface area contributed by atoms with Gasteiger partial charge >= 0.3 is 12.1 Å². The van der Waals surface area contributed by atoms with Gasteiger partial charge in [-0.15, -0.1) is 11.3 Å².